The van der Waals surface area contributed by atoms with Crippen molar-refractivity contribution in [1.82, 2.24) is 15.5 Å². The summed E-state index contributed by atoms with van der Waals surface area (Å²) in [5, 5.41) is 8.65. The van der Waals surface area contributed by atoms with Crippen LogP contribution >= 0.6 is 0 Å². The molecule has 2 heterocycles. The lowest BCUT2D eigenvalue weighted by Gasteiger charge is -2.28. The van der Waals surface area contributed by atoms with Crippen LogP contribution in [0.25, 0.3) is 11.0 Å². The van der Waals surface area contributed by atoms with Gasteiger partial charge >= 0.3 is 5.63 Å². The normalized spacial score (nSPS) is 18.0. The molecule has 0 bridgehead atoms. The summed E-state index contributed by atoms with van der Waals surface area (Å²) in [6, 6.07) is 3.12. The van der Waals surface area contributed by atoms with Crippen LogP contribution in [0, 0.1) is 6.92 Å². The van der Waals surface area contributed by atoms with E-state index in [4.69, 9.17) is 10.2 Å². The summed E-state index contributed by atoms with van der Waals surface area (Å²) in [6.07, 6.45) is 1.07. The van der Waals surface area contributed by atoms with Gasteiger partial charge in [0.1, 0.15) is 23.7 Å². The zero-order valence-corrected chi connectivity index (χ0v) is 20.2. The van der Waals surface area contributed by atoms with Crippen LogP contribution in [0.5, 0.6) is 0 Å². The minimum absolute atomic E-state index is 0.342. The first-order valence-corrected chi connectivity index (χ1v) is 11.5. The number of benzene rings is 1. The van der Waals surface area contributed by atoms with Gasteiger partial charge in [-0.15, -0.1) is 0 Å². The number of aryl methyl sites for hydroxylation is 1. The van der Waals surface area contributed by atoms with Crippen molar-refractivity contribution in [3.05, 3.63) is 40.2 Å². The van der Waals surface area contributed by atoms with Gasteiger partial charge in [-0.2, -0.15) is 0 Å². The highest BCUT2D eigenvalue weighted by atomic mass is 16.4. The van der Waals surface area contributed by atoms with E-state index in [-0.39, 0.29) is 5.91 Å². The Hall–Kier alpha value is -3.73. The molecule has 0 aliphatic carbocycles. The molecule has 5 N–H and O–H groups in total. The van der Waals surface area contributed by atoms with Crippen molar-refractivity contribution >= 4 is 40.3 Å². The van der Waals surface area contributed by atoms with E-state index in [9.17, 15) is 24.0 Å². The molecule has 1 aliphatic rings. The Bertz CT molecular complexity index is 1210. The third-order valence-electron chi connectivity index (χ3n) is 5.95. The van der Waals surface area contributed by atoms with Gasteiger partial charge in [-0.3, -0.25) is 19.2 Å². The van der Waals surface area contributed by atoms with Gasteiger partial charge < -0.3 is 31.0 Å². The number of amides is 4. The summed E-state index contributed by atoms with van der Waals surface area (Å²) in [5.41, 5.74) is 6.56. The van der Waals surface area contributed by atoms with Crippen LogP contribution in [0.2, 0.25) is 0 Å². The molecule has 3 rings (SSSR count). The number of carbonyl (C=O) groups is 4. The van der Waals surface area contributed by atoms with Gasteiger partial charge in [0.05, 0.1) is 6.04 Å². The van der Waals surface area contributed by atoms with E-state index in [2.05, 4.69) is 16.0 Å². The van der Waals surface area contributed by atoms with Gasteiger partial charge in [-0.1, -0.05) is 0 Å². The maximum Gasteiger partial charge on any atom is 0.336 e. The summed E-state index contributed by atoms with van der Waals surface area (Å²) >= 11 is 0. The maximum atomic E-state index is 12.9. The number of nitrogens with zero attached hydrogens (tertiary/aromatic N) is 1. The smallest absolute Gasteiger partial charge is 0.336 e. The molecule has 11 nitrogen and oxygen atoms in total. The van der Waals surface area contributed by atoms with Gasteiger partial charge in [-0.25, -0.2) is 4.79 Å². The number of rotatable bonds is 7. The first-order chi connectivity index (χ1) is 16.5. The zero-order valence-electron chi connectivity index (χ0n) is 20.2. The fourth-order valence-electron chi connectivity index (χ4n) is 3.99. The van der Waals surface area contributed by atoms with Crippen molar-refractivity contribution in [2.75, 3.05) is 11.9 Å². The number of hydrogen-bond acceptors (Lipinski definition) is 7. The minimum atomic E-state index is -0.893. The molecule has 0 saturated carbocycles. The van der Waals surface area contributed by atoms with Crippen LogP contribution in [0.15, 0.2) is 33.5 Å². The number of nitrogens with one attached hydrogen (secondary N) is 3. The van der Waals surface area contributed by atoms with Gasteiger partial charge in [-0.05, 0) is 58.2 Å². The van der Waals surface area contributed by atoms with Crippen LogP contribution in [-0.4, -0.2) is 59.2 Å². The highest BCUT2D eigenvalue weighted by molar-refractivity contribution is 6.00. The molecule has 11 heteroatoms. The van der Waals surface area contributed by atoms with Crippen LogP contribution in [0.4, 0.5) is 5.69 Å². The Kier molecular flexibility index (Phi) is 7.90. The molecule has 0 unspecified atom stereocenters. The number of hydrogen-bond donors (Lipinski definition) is 4. The molecule has 1 aliphatic heterocycles. The van der Waals surface area contributed by atoms with Gasteiger partial charge in [0.15, 0.2) is 0 Å². The first-order valence-electron chi connectivity index (χ1n) is 11.5. The summed E-state index contributed by atoms with van der Waals surface area (Å²) in [5.74, 6) is -1.77. The van der Waals surface area contributed by atoms with Crippen LogP contribution < -0.4 is 27.3 Å². The van der Waals surface area contributed by atoms with E-state index < -0.39 is 47.5 Å². The molecule has 0 spiro atoms. The SMILES string of the molecule is Cc1cc(=O)oc2cc(NC(=O)[C@H](C)NC(=O)[C@@H]3CCCN3C(=O)[C@H](C)NC(=O)[C@H](C)N)ccc12. The summed E-state index contributed by atoms with van der Waals surface area (Å²) in [7, 11) is 0. The van der Waals surface area contributed by atoms with Crippen molar-refractivity contribution in [3.8, 4) is 0 Å². The van der Waals surface area contributed by atoms with E-state index in [0.717, 1.165) is 10.9 Å². The molecule has 35 heavy (non-hydrogen) atoms. The van der Waals surface area contributed by atoms with E-state index in [1.54, 1.807) is 32.0 Å². The van der Waals surface area contributed by atoms with Crippen molar-refractivity contribution in [2.24, 2.45) is 5.73 Å². The fraction of sp³-hybridized carbons (Fsp3) is 0.458. The second-order valence-electron chi connectivity index (χ2n) is 8.89. The number of carbonyl (C=O) groups excluding carboxylic acids is 4. The topological polar surface area (TPSA) is 164 Å². The first kappa shape index (κ1) is 25.9. The fourth-order valence-corrected chi connectivity index (χ4v) is 3.99. The Morgan fingerprint density at radius 1 is 1.06 bits per heavy atom. The molecule has 2 aromatic rings. The van der Waals surface area contributed by atoms with E-state index in [1.165, 1.54) is 24.8 Å². The maximum absolute atomic E-state index is 12.9. The molecule has 1 fully saturated rings. The van der Waals surface area contributed by atoms with Crippen molar-refractivity contribution in [3.63, 3.8) is 0 Å². The number of fused-ring (bicyclic) bond motifs is 1. The Morgan fingerprint density at radius 2 is 1.77 bits per heavy atom. The Balaban J connectivity index is 1.62. The standard InChI is InChI=1S/C24H31N5O6/c1-12-10-20(30)35-19-11-16(7-8-17(12)19)28-22(32)14(3)26-23(33)18-6-5-9-29(18)24(34)15(4)27-21(31)13(2)25/h7-8,10-11,13-15,18H,5-6,9,25H2,1-4H3,(H,26,33)(H,27,31)(H,28,32)/t13-,14-,15-,18-/m0/s1. The van der Waals surface area contributed by atoms with Crippen molar-refractivity contribution < 1.29 is 23.6 Å². The highest BCUT2D eigenvalue weighted by Crippen LogP contribution is 2.21. The molecule has 0 radical (unpaired) electrons. The van der Waals surface area contributed by atoms with Crippen molar-refractivity contribution in [1.29, 1.82) is 0 Å². The van der Waals surface area contributed by atoms with Crippen molar-refractivity contribution in [2.45, 2.75) is 64.7 Å². The molecule has 4 atom stereocenters. The number of anilines is 1. The monoisotopic (exact) mass is 485 g/mol. The quantitative estimate of drug-likeness (QED) is 0.412. The van der Waals surface area contributed by atoms with Gasteiger partial charge in [0.25, 0.3) is 0 Å². The molecule has 1 saturated heterocycles. The summed E-state index contributed by atoms with van der Waals surface area (Å²) in [4.78, 5) is 63.3. The molecule has 4 amide bonds. The van der Waals surface area contributed by atoms with Crippen LogP contribution in [-0.2, 0) is 19.2 Å². The van der Waals surface area contributed by atoms with Gasteiger partial charge in [0, 0.05) is 29.8 Å². The average molecular weight is 486 g/mol. The highest BCUT2D eigenvalue weighted by Gasteiger charge is 2.37. The Morgan fingerprint density at radius 3 is 2.46 bits per heavy atom. The lowest BCUT2D eigenvalue weighted by atomic mass is 10.1. The predicted octanol–water partition coefficient (Wildman–Crippen LogP) is 0.388. The van der Waals surface area contributed by atoms with Crippen LogP contribution in [0.1, 0.15) is 39.2 Å². The third kappa shape index (κ3) is 6.04. The van der Waals surface area contributed by atoms with E-state index >= 15 is 0 Å². The molecular formula is C24H31N5O6. The molecule has 1 aromatic heterocycles. The lowest BCUT2D eigenvalue weighted by Crippen LogP contribution is -2.55. The van der Waals surface area contributed by atoms with E-state index in [1.807, 2.05) is 0 Å². The number of nitrogens with two attached hydrogens (primary N) is 1. The zero-order chi connectivity index (χ0) is 25.9. The Labute approximate surface area is 202 Å². The van der Waals surface area contributed by atoms with Crippen LogP contribution in [0.3, 0.4) is 0 Å². The molecule has 188 valence electrons. The van der Waals surface area contributed by atoms with Gasteiger partial charge in [0.2, 0.25) is 23.6 Å². The third-order valence-corrected chi connectivity index (χ3v) is 5.95. The summed E-state index contributed by atoms with van der Waals surface area (Å²) < 4.78 is 5.20. The largest absolute Gasteiger partial charge is 0.423 e. The lowest BCUT2D eigenvalue weighted by molar-refractivity contribution is -0.141. The second kappa shape index (κ2) is 10.7. The summed E-state index contributed by atoms with van der Waals surface area (Å²) in [6.45, 7) is 6.75. The average Bonchev–Trinajstić information content (AvgIpc) is 3.28. The minimum Gasteiger partial charge on any atom is -0.423 e. The molecular weight excluding hydrogens is 454 g/mol. The van der Waals surface area contributed by atoms with E-state index in [0.29, 0.717) is 30.7 Å². The number of likely N-dealkylation sites (tertiary alicyclic amines) is 1. The molecule has 1 aromatic carbocycles. The second-order valence-corrected chi connectivity index (χ2v) is 8.89. The predicted molar refractivity (Wildman–Crippen MR) is 129 cm³/mol.